The topological polar surface area (TPSA) is 49.4 Å². The number of rotatable bonds is 2. The zero-order valence-electron chi connectivity index (χ0n) is 13.6. The standard InChI is InChI=1S/C18H24N2O2/c1-18(2,3)20-11-14(10-16(20)21)17(22)19-15-8-7-12-5-4-6-13(12)9-15/h7-9,14H,4-6,10-11H2,1-3H3,(H,19,22). The lowest BCUT2D eigenvalue weighted by Gasteiger charge is -2.31. The van der Waals surface area contributed by atoms with E-state index in [1.165, 1.54) is 17.5 Å². The summed E-state index contributed by atoms with van der Waals surface area (Å²) in [4.78, 5) is 26.3. The van der Waals surface area contributed by atoms with Crippen molar-refractivity contribution < 1.29 is 9.59 Å². The Kier molecular flexibility index (Phi) is 3.71. The fourth-order valence-electron chi connectivity index (χ4n) is 3.43. The van der Waals surface area contributed by atoms with E-state index in [-0.39, 0.29) is 23.3 Å². The zero-order chi connectivity index (χ0) is 15.9. The molecule has 0 radical (unpaired) electrons. The molecule has 1 unspecified atom stereocenters. The monoisotopic (exact) mass is 300 g/mol. The van der Waals surface area contributed by atoms with Gasteiger partial charge in [0, 0.05) is 24.2 Å². The van der Waals surface area contributed by atoms with Crippen molar-refractivity contribution in [2.75, 3.05) is 11.9 Å². The van der Waals surface area contributed by atoms with E-state index in [1.54, 1.807) is 4.90 Å². The predicted molar refractivity (Wildman–Crippen MR) is 86.7 cm³/mol. The summed E-state index contributed by atoms with van der Waals surface area (Å²) >= 11 is 0. The normalized spacial score (nSPS) is 21.1. The summed E-state index contributed by atoms with van der Waals surface area (Å²) in [5.74, 6) is -0.223. The van der Waals surface area contributed by atoms with Crippen LogP contribution in [0.4, 0.5) is 5.69 Å². The Hall–Kier alpha value is -1.84. The molecule has 118 valence electrons. The number of hydrogen-bond acceptors (Lipinski definition) is 2. The van der Waals surface area contributed by atoms with E-state index in [2.05, 4.69) is 17.4 Å². The Balaban J connectivity index is 1.67. The van der Waals surface area contributed by atoms with Crippen molar-refractivity contribution in [2.24, 2.45) is 5.92 Å². The van der Waals surface area contributed by atoms with Crippen LogP contribution in [-0.4, -0.2) is 28.8 Å². The first kappa shape index (κ1) is 15.1. The van der Waals surface area contributed by atoms with Crippen molar-refractivity contribution in [3.63, 3.8) is 0 Å². The van der Waals surface area contributed by atoms with Crippen molar-refractivity contribution >= 4 is 17.5 Å². The van der Waals surface area contributed by atoms with E-state index < -0.39 is 0 Å². The van der Waals surface area contributed by atoms with Crippen LogP contribution in [0.15, 0.2) is 18.2 Å². The van der Waals surface area contributed by atoms with Gasteiger partial charge < -0.3 is 10.2 Å². The molecule has 1 atom stereocenters. The Labute approximate surface area is 131 Å². The van der Waals surface area contributed by atoms with Crippen LogP contribution in [0.25, 0.3) is 0 Å². The average Bonchev–Trinajstić information content (AvgIpc) is 3.03. The molecule has 0 saturated carbocycles. The molecule has 2 amide bonds. The third-order valence-corrected chi connectivity index (χ3v) is 4.67. The van der Waals surface area contributed by atoms with E-state index in [0.717, 1.165) is 18.5 Å². The zero-order valence-corrected chi connectivity index (χ0v) is 13.6. The summed E-state index contributed by atoms with van der Waals surface area (Å²) in [7, 11) is 0. The third kappa shape index (κ3) is 2.87. The van der Waals surface area contributed by atoms with Crippen molar-refractivity contribution in [1.82, 2.24) is 4.90 Å². The molecule has 0 bridgehead atoms. The molecule has 1 heterocycles. The summed E-state index contributed by atoms with van der Waals surface area (Å²) in [6, 6.07) is 6.16. The molecular formula is C18H24N2O2. The summed E-state index contributed by atoms with van der Waals surface area (Å²) in [5.41, 5.74) is 3.37. The van der Waals surface area contributed by atoms with Gasteiger partial charge in [0.2, 0.25) is 11.8 Å². The van der Waals surface area contributed by atoms with Gasteiger partial charge in [-0.3, -0.25) is 9.59 Å². The van der Waals surface area contributed by atoms with Crippen molar-refractivity contribution in [1.29, 1.82) is 0 Å². The quantitative estimate of drug-likeness (QED) is 0.913. The predicted octanol–water partition coefficient (Wildman–Crippen LogP) is 2.76. The van der Waals surface area contributed by atoms with E-state index >= 15 is 0 Å². The molecule has 3 rings (SSSR count). The number of carbonyl (C=O) groups excluding carboxylic acids is 2. The molecule has 1 aromatic rings. The summed E-state index contributed by atoms with van der Waals surface area (Å²) in [6.45, 7) is 6.53. The maximum absolute atomic E-state index is 12.4. The highest BCUT2D eigenvalue weighted by atomic mass is 16.2. The molecule has 2 aliphatic rings. The van der Waals surface area contributed by atoms with Gasteiger partial charge in [0.1, 0.15) is 0 Å². The number of nitrogens with one attached hydrogen (secondary N) is 1. The highest BCUT2D eigenvalue weighted by molar-refractivity contribution is 5.97. The molecule has 4 heteroatoms. The minimum atomic E-state index is -0.250. The smallest absolute Gasteiger partial charge is 0.229 e. The van der Waals surface area contributed by atoms with Crippen LogP contribution < -0.4 is 5.32 Å². The first-order chi connectivity index (χ1) is 10.3. The number of benzene rings is 1. The molecule has 1 aliphatic carbocycles. The molecule has 22 heavy (non-hydrogen) atoms. The number of fused-ring (bicyclic) bond motifs is 1. The average molecular weight is 300 g/mol. The Morgan fingerprint density at radius 3 is 2.64 bits per heavy atom. The van der Waals surface area contributed by atoms with E-state index in [1.807, 2.05) is 26.8 Å². The molecule has 0 aromatic heterocycles. The van der Waals surface area contributed by atoms with Gasteiger partial charge in [-0.2, -0.15) is 0 Å². The number of amides is 2. The SMILES string of the molecule is CC(C)(C)N1CC(C(=O)Nc2ccc3c(c2)CCC3)CC1=O. The van der Waals surface area contributed by atoms with Crippen molar-refractivity contribution in [3.8, 4) is 0 Å². The molecule has 0 spiro atoms. The van der Waals surface area contributed by atoms with E-state index in [9.17, 15) is 9.59 Å². The Bertz CT molecular complexity index is 616. The number of likely N-dealkylation sites (tertiary alicyclic amines) is 1. The van der Waals surface area contributed by atoms with Gasteiger partial charge in [0.25, 0.3) is 0 Å². The second kappa shape index (κ2) is 5.41. The second-order valence-corrected chi connectivity index (χ2v) is 7.40. The number of nitrogens with zero attached hydrogens (tertiary/aromatic N) is 1. The minimum Gasteiger partial charge on any atom is -0.337 e. The van der Waals surface area contributed by atoms with Crippen molar-refractivity contribution in [3.05, 3.63) is 29.3 Å². The number of anilines is 1. The Morgan fingerprint density at radius 2 is 1.95 bits per heavy atom. The van der Waals surface area contributed by atoms with Crippen LogP contribution in [0.2, 0.25) is 0 Å². The van der Waals surface area contributed by atoms with E-state index in [0.29, 0.717) is 13.0 Å². The Morgan fingerprint density at radius 1 is 1.23 bits per heavy atom. The van der Waals surface area contributed by atoms with Crippen molar-refractivity contribution in [2.45, 2.75) is 52.0 Å². The lowest BCUT2D eigenvalue weighted by Crippen LogP contribution is -2.42. The molecule has 4 nitrogen and oxygen atoms in total. The third-order valence-electron chi connectivity index (χ3n) is 4.67. The van der Waals surface area contributed by atoms with Gasteiger partial charge in [-0.05, 0) is 63.3 Å². The van der Waals surface area contributed by atoms with Gasteiger partial charge in [0.15, 0.2) is 0 Å². The highest BCUT2D eigenvalue weighted by Gasteiger charge is 2.39. The van der Waals surface area contributed by atoms with Crippen LogP contribution in [-0.2, 0) is 22.4 Å². The molecule has 1 aliphatic heterocycles. The van der Waals surface area contributed by atoms with Gasteiger partial charge in [-0.1, -0.05) is 6.07 Å². The fraction of sp³-hybridized carbons (Fsp3) is 0.556. The first-order valence-corrected chi connectivity index (χ1v) is 8.08. The lowest BCUT2D eigenvalue weighted by molar-refractivity contribution is -0.131. The summed E-state index contributed by atoms with van der Waals surface area (Å²) in [5, 5.41) is 2.99. The van der Waals surface area contributed by atoms with Gasteiger partial charge >= 0.3 is 0 Å². The summed E-state index contributed by atoms with van der Waals surface area (Å²) in [6.07, 6.45) is 3.75. The van der Waals surface area contributed by atoms with Crippen LogP contribution >= 0.6 is 0 Å². The molecule has 1 fully saturated rings. The fourth-order valence-corrected chi connectivity index (χ4v) is 3.43. The van der Waals surface area contributed by atoms with Gasteiger partial charge in [0.05, 0.1) is 5.92 Å². The maximum Gasteiger partial charge on any atom is 0.229 e. The number of hydrogen-bond donors (Lipinski definition) is 1. The maximum atomic E-state index is 12.4. The minimum absolute atomic E-state index is 0.0435. The van der Waals surface area contributed by atoms with E-state index in [4.69, 9.17) is 0 Å². The second-order valence-electron chi connectivity index (χ2n) is 7.40. The largest absolute Gasteiger partial charge is 0.337 e. The lowest BCUT2D eigenvalue weighted by atomic mass is 10.1. The van der Waals surface area contributed by atoms with Gasteiger partial charge in [-0.15, -0.1) is 0 Å². The molecular weight excluding hydrogens is 276 g/mol. The van der Waals surface area contributed by atoms with Crippen LogP contribution in [0.1, 0.15) is 44.7 Å². The molecule has 1 saturated heterocycles. The highest BCUT2D eigenvalue weighted by Crippen LogP contribution is 2.28. The van der Waals surface area contributed by atoms with Crippen LogP contribution in [0.5, 0.6) is 0 Å². The van der Waals surface area contributed by atoms with Crippen LogP contribution in [0.3, 0.4) is 0 Å². The first-order valence-electron chi connectivity index (χ1n) is 8.08. The van der Waals surface area contributed by atoms with Gasteiger partial charge in [-0.25, -0.2) is 0 Å². The number of aryl methyl sites for hydroxylation is 2. The molecule has 1 aromatic carbocycles. The molecule has 1 N–H and O–H groups in total. The summed E-state index contributed by atoms with van der Waals surface area (Å²) < 4.78 is 0. The number of carbonyl (C=O) groups is 2. The van der Waals surface area contributed by atoms with Crippen LogP contribution in [0, 0.1) is 5.92 Å².